The van der Waals surface area contributed by atoms with Crippen molar-refractivity contribution >= 4 is 10.0 Å². The molecule has 108 valence electrons. The summed E-state index contributed by atoms with van der Waals surface area (Å²) in [6, 6.07) is 0. The Morgan fingerprint density at radius 3 is 2.63 bits per heavy atom. The highest BCUT2D eigenvalue weighted by atomic mass is 32.2. The molecule has 1 heterocycles. The van der Waals surface area contributed by atoms with E-state index in [0.717, 1.165) is 19.3 Å². The molecule has 5 nitrogen and oxygen atoms in total. The van der Waals surface area contributed by atoms with Gasteiger partial charge in [0, 0.05) is 6.54 Å². The number of rotatable bonds is 6. The monoisotopic (exact) mass is 285 g/mol. The van der Waals surface area contributed by atoms with Crippen molar-refractivity contribution in [3.63, 3.8) is 0 Å². The Hall–Kier alpha value is -0.880. The van der Waals surface area contributed by atoms with Crippen LogP contribution < -0.4 is 4.72 Å². The highest BCUT2D eigenvalue weighted by Crippen LogP contribution is 2.42. The average molecular weight is 285 g/mol. The standard InChI is InChI=1S/C13H23N3O2S/c1-11(2)7-13(5-3-4-6-13)9-16-19(17,18)12-8-14-10-15-12/h8,10-11,16H,3-7,9H2,1-2H3,(H,14,15). The van der Waals surface area contributed by atoms with Crippen LogP contribution in [0, 0.1) is 11.3 Å². The van der Waals surface area contributed by atoms with Gasteiger partial charge in [0.05, 0.1) is 12.5 Å². The number of hydrogen-bond donors (Lipinski definition) is 2. The zero-order valence-corrected chi connectivity index (χ0v) is 12.5. The van der Waals surface area contributed by atoms with Crippen LogP contribution in [-0.4, -0.2) is 24.9 Å². The maximum absolute atomic E-state index is 12.1. The van der Waals surface area contributed by atoms with Gasteiger partial charge < -0.3 is 4.98 Å². The molecule has 0 saturated heterocycles. The molecular formula is C13H23N3O2S. The summed E-state index contributed by atoms with van der Waals surface area (Å²) in [4.78, 5) is 6.40. The van der Waals surface area contributed by atoms with E-state index in [2.05, 4.69) is 28.5 Å². The fourth-order valence-corrected chi connectivity index (χ4v) is 4.22. The summed E-state index contributed by atoms with van der Waals surface area (Å²) in [6.45, 7) is 4.93. The zero-order valence-electron chi connectivity index (χ0n) is 11.6. The Bertz CT molecular complexity index is 488. The van der Waals surface area contributed by atoms with E-state index in [1.165, 1.54) is 25.4 Å². The van der Waals surface area contributed by atoms with Crippen molar-refractivity contribution in [3.05, 3.63) is 12.5 Å². The summed E-state index contributed by atoms with van der Waals surface area (Å²) < 4.78 is 26.9. The first-order valence-corrected chi connectivity index (χ1v) is 8.40. The van der Waals surface area contributed by atoms with Crippen LogP contribution in [0.3, 0.4) is 0 Å². The lowest BCUT2D eigenvalue weighted by Crippen LogP contribution is -2.37. The van der Waals surface area contributed by atoms with Crippen LogP contribution in [0.4, 0.5) is 0 Å². The molecule has 1 aromatic rings. The van der Waals surface area contributed by atoms with Gasteiger partial charge in [-0.2, -0.15) is 0 Å². The van der Waals surface area contributed by atoms with Crippen LogP contribution in [0.1, 0.15) is 46.0 Å². The number of nitrogens with one attached hydrogen (secondary N) is 2. The molecule has 0 unspecified atom stereocenters. The first-order chi connectivity index (χ1) is 8.94. The van der Waals surface area contributed by atoms with E-state index in [1.807, 2.05) is 0 Å². The predicted molar refractivity (Wildman–Crippen MR) is 74.1 cm³/mol. The van der Waals surface area contributed by atoms with Gasteiger partial charge in [0.1, 0.15) is 0 Å². The van der Waals surface area contributed by atoms with Crippen LogP contribution in [0.5, 0.6) is 0 Å². The smallest absolute Gasteiger partial charge is 0.257 e. The SMILES string of the molecule is CC(C)CC1(CNS(=O)(=O)c2cnc[nH]2)CCCC1. The van der Waals surface area contributed by atoms with Crippen molar-refractivity contribution < 1.29 is 8.42 Å². The fraction of sp³-hybridized carbons (Fsp3) is 0.769. The van der Waals surface area contributed by atoms with Gasteiger partial charge in [-0.25, -0.2) is 18.1 Å². The molecule has 1 aliphatic carbocycles. The second-order valence-corrected chi connectivity index (χ2v) is 7.78. The first-order valence-electron chi connectivity index (χ1n) is 6.92. The topological polar surface area (TPSA) is 74.8 Å². The van der Waals surface area contributed by atoms with Gasteiger partial charge in [0.25, 0.3) is 10.0 Å². The van der Waals surface area contributed by atoms with E-state index >= 15 is 0 Å². The van der Waals surface area contributed by atoms with E-state index < -0.39 is 10.0 Å². The number of nitrogens with zero attached hydrogens (tertiary/aromatic N) is 1. The van der Waals surface area contributed by atoms with Crippen LogP contribution >= 0.6 is 0 Å². The van der Waals surface area contributed by atoms with Gasteiger partial charge in [-0.15, -0.1) is 0 Å². The van der Waals surface area contributed by atoms with Gasteiger partial charge in [-0.1, -0.05) is 26.7 Å². The minimum Gasteiger partial charge on any atom is -0.335 e. The van der Waals surface area contributed by atoms with Gasteiger partial charge >= 0.3 is 0 Å². The molecule has 0 spiro atoms. The quantitative estimate of drug-likeness (QED) is 0.842. The predicted octanol–water partition coefficient (Wildman–Crippen LogP) is 2.29. The normalized spacial score (nSPS) is 19.1. The second kappa shape index (κ2) is 5.63. The molecule has 0 aromatic carbocycles. The van der Waals surface area contributed by atoms with Gasteiger partial charge in [0.15, 0.2) is 5.03 Å². The summed E-state index contributed by atoms with van der Waals surface area (Å²) >= 11 is 0. The zero-order chi connectivity index (χ0) is 13.9. The van der Waals surface area contributed by atoms with Gasteiger partial charge in [-0.3, -0.25) is 0 Å². The minimum absolute atomic E-state index is 0.140. The average Bonchev–Trinajstić information content (AvgIpc) is 2.97. The summed E-state index contributed by atoms with van der Waals surface area (Å²) in [7, 11) is -3.45. The maximum atomic E-state index is 12.1. The number of imidazole rings is 1. The third-order valence-electron chi connectivity index (χ3n) is 3.91. The maximum Gasteiger partial charge on any atom is 0.257 e. The molecule has 1 saturated carbocycles. The van der Waals surface area contributed by atoms with Gasteiger partial charge in [-0.05, 0) is 30.6 Å². The molecule has 0 bridgehead atoms. The lowest BCUT2D eigenvalue weighted by Gasteiger charge is -2.31. The molecule has 0 atom stereocenters. The number of aromatic amines is 1. The number of H-pyrrole nitrogens is 1. The van der Waals surface area contributed by atoms with Crippen molar-refractivity contribution in [3.8, 4) is 0 Å². The molecular weight excluding hydrogens is 262 g/mol. The van der Waals surface area contributed by atoms with E-state index in [4.69, 9.17) is 0 Å². The van der Waals surface area contributed by atoms with Crippen LogP contribution in [0.15, 0.2) is 17.6 Å². The van der Waals surface area contributed by atoms with E-state index in [1.54, 1.807) is 0 Å². The molecule has 1 aliphatic rings. The number of aromatic nitrogens is 2. The highest BCUT2D eigenvalue weighted by Gasteiger charge is 2.35. The first kappa shape index (κ1) is 14.5. The summed E-state index contributed by atoms with van der Waals surface area (Å²) in [5, 5.41) is 0.144. The highest BCUT2D eigenvalue weighted by molar-refractivity contribution is 7.89. The Morgan fingerprint density at radius 2 is 2.11 bits per heavy atom. The molecule has 6 heteroatoms. The lowest BCUT2D eigenvalue weighted by atomic mass is 9.79. The van der Waals surface area contributed by atoms with Crippen LogP contribution in [-0.2, 0) is 10.0 Å². The van der Waals surface area contributed by atoms with Crippen molar-refractivity contribution in [1.82, 2.24) is 14.7 Å². The molecule has 0 aliphatic heterocycles. The number of hydrogen-bond acceptors (Lipinski definition) is 3. The van der Waals surface area contributed by atoms with Crippen LogP contribution in [0.2, 0.25) is 0 Å². The van der Waals surface area contributed by atoms with E-state index in [-0.39, 0.29) is 10.4 Å². The molecule has 0 amide bonds. The summed E-state index contributed by atoms with van der Waals surface area (Å²) in [6.07, 6.45) is 8.46. The molecule has 1 fully saturated rings. The molecule has 2 N–H and O–H groups in total. The molecule has 2 rings (SSSR count). The Kier molecular flexibility index (Phi) is 4.30. The van der Waals surface area contributed by atoms with Crippen molar-refractivity contribution in [2.75, 3.05) is 6.54 Å². The summed E-state index contributed by atoms with van der Waals surface area (Å²) in [5.41, 5.74) is 0.140. The Morgan fingerprint density at radius 1 is 1.42 bits per heavy atom. The van der Waals surface area contributed by atoms with Crippen molar-refractivity contribution in [2.45, 2.75) is 51.0 Å². The fourth-order valence-electron chi connectivity index (χ4n) is 3.16. The van der Waals surface area contributed by atoms with E-state index in [0.29, 0.717) is 12.5 Å². The minimum atomic E-state index is -3.45. The number of sulfonamides is 1. The van der Waals surface area contributed by atoms with E-state index in [9.17, 15) is 8.42 Å². The summed E-state index contributed by atoms with van der Waals surface area (Å²) in [5.74, 6) is 0.592. The Labute approximate surface area is 115 Å². The van der Waals surface area contributed by atoms with Crippen molar-refractivity contribution in [1.29, 1.82) is 0 Å². The van der Waals surface area contributed by atoms with Crippen molar-refractivity contribution in [2.24, 2.45) is 11.3 Å². The molecule has 0 radical (unpaired) electrons. The van der Waals surface area contributed by atoms with Gasteiger partial charge in [0.2, 0.25) is 0 Å². The lowest BCUT2D eigenvalue weighted by molar-refractivity contribution is 0.236. The second-order valence-electron chi connectivity index (χ2n) is 6.05. The largest absolute Gasteiger partial charge is 0.335 e. The third-order valence-corrected chi connectivity index (χ3v) is 5.23. The molecule has 1 aromatic heterocycles. The van der Waals surface area contributed by atoms with Crippen LogP contribution in [0.25, 0.3) is 0 Å². The Balaban J connectivity index is 2.03. The third kappa shape index (κ3) is 3.57. The molecule has 19 heavy (non-hydrogen) atoms.